The zero-order valence-corrected chi connectivity index (χ0v) is 14.5. The van der Waals surface area contributed by atoms with Gasteiger partial charge in [-0.05, 0) is 42.5 Å². The fourth-order valence-corrected chi connectivity index (χ4v) is 2.56. The lowest BCUT2D eigenvalue weighted by atomic mass is 10.1. The predicted octanol–water partition coefficient (Wildman–Crippen LogP) is 4.64. The molecule has 0 spiro atoms. The number of carbonyl (C=O) groups is 1. The van der Waals surface area contributed by atoms with Crippen LogP contribution < -0.4 is 5.32 Å². The van der Waals surface area contributed by atoms with Gasteiger partial charge in [0, 0.05) is 30.2 Å². The van der Waals surface area contributed by atoms with E-state index in [4.69, 9.17) is 4.74 Å². The first-order valence-corrected chi connectivity index (χ1v) is 7.93. The highest BCUT2D eigenvalue weighted by Gasteiger charge is 2.30. The number of anilines is 2. The highest BCUT2D eigenvalue weighted by atomic mass is 19.4. The number of nitrogens with one attached hydrogen (secondary N) is 1. The molecule has 2 aromatic carbocycles. The molecule has 0 bridgehead atoms. The summed E-state index contributed by atoms with van der Waals surface area (Å²) < 4.78 is 44.6. The van der Waals surface area contributed by atoms with Crippen molar-refractivity contribution < 1.29 is 22.7 Å². The second kappa shape index (κ2) is 7.14. The van der Waals surface area contributed by atoms with E-state index >= 15 is 0 Å². The first-order chi connectivity index (χ1) is 12.8. The van der Waals surface area contributed by atoms with Crippen molar-refractivity contribution in [2.24, 2.45) is 7.05 Å². The van der Waals surface area contributed by atoms with Crippen LogP contribution in [0.2, 0.25) is 0 Å². The number of esters is 1. The van der Waals surface area contributed by atoms with Crippen molar-refractivity contribution in [2.45, 2.75) is 6.18 Å². The molecule has 0 aliphatic rings. The van der Waals surface area contributed by atoms with Crippen LogP contribution >= 0.6 is 0 Å². The topological polar surface area (TPSA) is 56.1 Å². The van der Waals surface area contributed by atoms with Gasteiger partial charge in [0.05, 0.1) is 30.3 Å². The van der Waals surface area contributed by atoms with Crippen LogP contribution in [-0.4, -0.2) is 22.6 Å². The molecule has 140 valence electrons. The molecule has 1 aromatic heterocycles. The number of imidazole rings is 1. The number of halogens is 3. The maximum Gasteiger partial charge on any atom is 0.416 e. The van der Waals surface area contributed by atoms with Gasteiger partial charge in [0.25, 0.3) is 0 Å². The molecule has 0 aliphatic heterocycles. The molecule has 0 atom stereocenters. The van der Waals surface area contributed by atoms with Gasteiger partial charge in [-0.25, -0.2) is 9.78 Å². The quantitative estimate of drug-likeness (QED) is 0.675. The number of aryl methyl sites for hydroxylation is 1. The van der Waals surface area contributed by atoms with Crippen molar-refractivity contribution in [3.8, 4) is 11.3 Å². The molecule has 0 saturated heterocycles. The van der Waals surface area contributed by atoms with Gasteiger partial charge in [-0.1, -0.05) is 0 Å². The fourth-order valence-electron chi connectivity index (χ4n) is 2.56. The standard InChI is InChI=1S/C19H16F3N3O2/c1-25-10-17(23-11-25)15-9-12(18(26)27-2)3-8-16(15)24-14-6-4-13(5-7-14)19(20,21)22/h3-11,24H,1-2H3. The second-order valence-electron chi connectivity index (χ2n) is 5.88. The number of ether oxygens (including phenoxy) is 1. The lowest BCUT2D eigenvalue weighted by Crippen LogP contribution is -2.05. The fraction of sp³-hybridized carbons (Fsp3) is 0.158. The van der Waals surface area contributed by atoms with Gasteiger partial charge in [-0.3, -0.25) is 0 Å². The number of carbonyl (C=O) groups excluding carboxylic acids is 1. The molecule has 3 aromatic rings. The molecular formula is C19H16F3N3O2. The maximum atomic E-state index is 12.7. The summed E-state index contributed by atoms with van der Waals surface area (Å²) in [5.41, 5.74) is 1.93. The number of alkyl halides is 3. The molecule has 0 unspecified atom stereocenters. The summed E-state index contributed by atoms with van der Waals surface area (Å²) >= 11 is 0. The molecule has 0 saturated carbocycles. The van der Waals surface area contributed by atoms with Crippen LogP contribution in [0.1, 0.15) is 15.9 Å². The van der Waals surface area contributed by atoms with Crippen molar-refractivity contribution in [3.05, 3.63) is 66.1 Å². The second-order valence-corrected chi connectivity index (χ2v) is 5.88. The van der Waals surface area contributed by atoms with Gasteiger partial charge in [0.1, 0.15) is 0 Å². The number of rotatable bonds is 4. The Morgan fingerprint density at radius 3 is 2.41 bits per heavy atom. The molecule has 0 fully saturated rings. The zero-order chi connectivity index (χ0) is 19.6. The highest BCUT2D eigenvalue weighted by molar-refractivity contribution is 5.93. The van der Waals surface area contributed by atoms with Gasteiger partial charge >= 0.3 is 12.1 Å². The van der Waals surface area contributed by atoms with E-state index in [-0.39, 0.29) is 0 Å². The van der Waals surface area contributed by atoms with Crippen molar-refractivity contribution >= 4 is 17.3 Å². The smallest absolute Gasteiger partial charge is 0.416 e. The molecule has 8 heteroatoms. The van der Waals surface area contributed by atoms with Crippen molar-refractivity contribution in [2.75, 3.05) is 12.4 Å². The Hall–Kier alpha value is -3.29. The van der Waals surface area contributed by atoms with Crippen LogP contribution in [0.5, 0.6) is 0 Å². The van der Waals surface area contributed by atoms with Crippen molar-refractivity contribution in [1.82, 2.24) is 9.55 Å². The summed E-state index contributed by atoms with van der Waals surface area (Å²) in [6.07, 6.45) is -1.00. The normalized spacial score (nSPS) is 11.3. The van der Waals surface area contributed by atoms with Crippen LogP contribution in [-0.2, 0) is 18.0 Å². The van der Waals surface area contributed by atoms with E-state index in [1.54, 1.807) is 35.3 Å². The largest absolute Gasteiger partial charge is 0.465 e. The van der Waals surface area contributed by atoms with Crippen LogP contribution in [0.4, 0.5) is 24.5 Å². The molecule has 3 rings (SSSR count). The Labute approximate surface area is 153 Å². The molecule has 27 heavy (non-hydrogen) atoms. The number of hydrogen-bond donors (Lipinski definition) is 1. The van der Waals surface area contributed by atoms with Gasteiger partial charge in [-0.15, -0.1) is 0 Å². The Morgan fingerprint density at radius 2 is 1.85 bits per heavy atom. The van der Waals surface area contributed by atoms with E-state index in [1.807, 2.05) is 7.05 Å². The van der Waals surface area contributed by atoms with Crippen molar-refractivity contribution in [3.63, 3.8) is 0 Å². The third-order valence-corrected chi connectivity index (χ3v) is 3.91. The maximum absolute atomic E-state index is 12.7. The number of aromatic nitrogens is 2. The van der Waals surface area contributed by atoms with Crippen LogP contribution in [0, 0.1) is 0 Å². The number of nitrogens with zero attached hydrogens (tertiary/aromatic N) is 2. The molecule has 0 amide bonds. The minimum Gasteiger partial charge on any atom is -0.465 e. The first kappa shape index (κ1) is 18.5. The van der Waals surface area contributed by atoms with E-state index in [0.717, 1.165) is 12.1 Å². The Balaban J connectivity index is 1.98. The van der Waals surface area contributed by atoms with Gasteiger partial charge < -0.3 is 14.6 Å². The number of hydrogen-bond acceptors (Lipinski definition) is 4. The Bertz CT molecular complexity index is 963. The molecule has 5 nitrogen and oxygen atoms in total. The molecule has 0 radical (unpaired) electrons. The summed E-state index contributed by atoms with van der Waals surface area (Å²) in [5, 5.41) is 3.07. The number of methoxy groups -OCH3 is 1. The molecule has 1 heterocycles. The van der Waals surface area contributed by atoms with Crippen molar-refractivity contribution in [1.29, 1.82) is 0 Å². The molecule has 1 N–H and O–H groups in total. The lowest BCUT2D eigenvalue weighted by molar-refractivity contribution is -0.137. The van der Waals surface area contributed by atoms with Gasteiger partial charge in [0.2, 0.25) is 0 Å². The van der Waals surface area contributed by atoms with E-state index in [9.17, 15) is 18.0 Å². The van der Waals surface area contributed by atoms with E-state index < -0.39 is 17.7 Å². The summed E-state index contributed by atoms with van der Waals surface area (Å²) in [4.78, 5) is 16.1. The third-order valence-electron chi connectivity index (χ3n) is 3.91. The Morgan fingerprint density at radius 1 is 1.15 bits per heavy atom. The number of benzene rings is 2. The molecule has 0 aliphatic carbocycles. The van der Waals surface area contributed by atoms with Crippen LogP contribution in [0.3, 0.4) is 0 Å². The van der Waals surface area contributed by atoms with Crippen LogP contribution in [0.25, 0.3) is 11.3 Å². The van der Waals surface area contributed by atoms with E-state index in [1.165, 1.54) is 19.2 Å². The van der Waals surface area contributed by atoms with Gasteiger partial charge in [0.15, 0.2) is 0 Å². The minimum atomic E-state index is -4.39. The highest BCUT2D eigenvalue weighted by Crippen LogP contribution is 2.33. The first-order valence-electron chi connectivity index (χ1n) is 7.93. The zero-order valence-electron chi connectivity index (χ0n) is 14.5. The lowest BCUT2D eigenvalue weighted by Gasteiger charge is -2.13. The Kier molecular flexibility index (Phi) is 4.89. The summed E-state index contributed by atoms with van der Waals surface area (Å²) in [6.45, 7) is 0. The monoisotopic (exact) mass is 375 g/mol. The minimum absolute atomic E-state index is 0.344. The summed E-state index contributed by atoms with van der Waals surface area (Å²) in [7, 11) is 3.10. The van der Waals surface area contributed by atoms with Crippen LogP contribution in [0.15, 0.2) is 55.0 Å². The summed E-state index contributed by atoms with van der Waals surface area (Å²) in [5.74, 6) is -0.492. The third kappa shape index (κ3) is 4.11. The molecular weight excluding hydrogens is 359 g/mol. The van der Waals surface area contributed by atoms with E-state index in [0.29, 0.717) is 28.2 Å². The summed E-state index contributed by atoms with van der Waals surface area (Å²) in [6, 6.07) is 9.56. The average Bonchev–Trinajstić information content (AvgIpc) is 3.07. The van der Waals surface area contributed by atoms with Gasteiger partial charge in [-0.2, -0.15) is 13.2 Å². The van der Waals surface area contributed by atoms with E-state index in [2.05, 4.69) is 10.3 Å². The predicted molar refractivity (Wildman–Crippen MR) is 94.7 cm³/mol. The average molecular weight is 375 g/mol. The SMILES string of the molecule is COC(=O)c1ccc(Nc2ccc(C(F)(F)F)cc2)c(-c2cn(C)cn2)c1.